The van der Waals surface area contributed by atoms with Gasteiger partial charge >= 0.3 is 5.97 Å². The van der Waals surface area contributed by atoms with Crippen LogP contribution in [-0.2, 0) is 9.53 Å². The second-order valence-electron chi connectivity index (χ2n) is 11.3. The Morgan fingerprint density at radius 2 is 1.97 bits per heavy atom. The number of aliphatic hydroxyl groups excluding tert-OH is 2. The van der Waals surface area contributed by atoms with E-state index < -0.39 is 23.8 Å². The molecule has 7 atom stereocenters. The van der Waals surface area contributed by atoms with Gasteiger partial charge in [0.2, 0.25) is 0 Å². The molecule has 4 aliphatic rings. The Morgan fingerprint density at radius 1 is 1.19 bits per heavy atom. The van der Waals surface area contributed by atoms with Crippen molar-refractivity contribution >= 4 is 5.97 Å². The number of carbonyl (C=O) groups excluding carboxylic acids is 1. The topological polar surface area (TPSA) is 87.0 Å². The lowest BCUT2D eigenvalue weighted by molar-refractivity contribution is -0.176. The molecule has 1 saturated heterocycles. The molecule has 4 fully saturated rings. The van der Waals surface area contributed by atoms with Crippen LogP contribution in [-0.4, -0.2) is 45.7 Å². The summed E-state index contributed by atoms with van der Waals surface area (Å²) in [7, 11) is 0. The first kappa shape index (κ1) is 23.7. The number of rotatable bonds is 4. The zero-order chi connectivity index (χ0) is 23.1. The van der Waals surface area contributed by atoms with Crippen molar-refractivity contribution in [2.24, 2.45) is 23.2 Å². The van der Waals surface area contributed by atoms with Gasteiger partial charge in [-0.1, -0.05) is 31.2 Å². The molecule has 0 bridgehead atoms. The molecular formula is C27H40O5. The van der Waals surface area contributed by atoms with Crippen LogP contribution in [0.5, 0.6) is 0 Å². The standard InChI is InChI=1S/C27H40O5/c1-17-20(13-22(28)14-24(17)29)8-7-19-5-4-12-26(2)21(10-11-23(19)26)9-6-18-15-27(3,31)25(30)32-16-18/h7-8,18,21-24,28-29,31H,1,4-6,9-16H2,2-3H3/b19-7+,20-8-/t18?,21?,22-,23?,24?,26?,27-/m1/s1. The number of hydrogen-bond acceptors (Lipinski definition) is 5. The van der Waals surface area contributed by atoms with Gasteiger partial charge in [-0.2, -0.15) is 0 Å². The van der Waals surface area contributed by atoms with E-state index in [0.29, 0.717) is 43.1 Å². The summed E-state index contributed by atoms with van der Waals surface area (Å²) in [5, 5.41) is 30.4. The van der Waals surface area contributed by atoms with E-state index in [2.05, 4.69) is 25.7 Å². The van der Waals surface area contributed by atoms with E-state index in [9.17, 15) is 20.1 Å². The number of aliphatic hydroxyl groups is 3. The molecule has 0 spiro atoms. The Kier molecular flexibility index (Phi) is 6.73. The van der Waals surface area contributed by atoms with Crippen molar-refractivity contribution in [2.45, 2.75) is 95.9 Å². The number of hydrogen-bond donors (Lipinski definition) is 3. The molecule has 32 heavy (non-hydrogen) atoms. The largest absolute Gasteiger partial charge is 0.463 e. The Morgan fingerprint density at radius 3 is 2.72 bits per heavy atom. The molecule has 0 aromatic carbocycles. The van der Waals surface area contributed by atoms with E-state index >= 15 is 0 Å². The third-order valence-corrected chi connectivity index (χ3v) is 8.92. The lowest BCUT2D eigenvalue weighted by Gasteiger charge is -2.43. The zero-order valence-electron chi connectivity index (χ0n) is 19.7. The summed E-state index contributed by atoms with van der Waals surface area (Å²) < 4.78 is 5.24. The summed E-state index contributed by atoms with van der Waals surface area (Å²) in [6.45, 7) is 8.50. The number of allylic oxidation sites excluding steroid dienone is 3. The summed E-state index contributed by atoms with van der Waals surface area (Å²) >= 11 is 0. The molecular weight excluding hydrogens is 404 g/mol. The van der Waals surface area contributed by atoms with E-state index in [-0.39, 0.29) is 5.92 Å². The fourth-order valence-electron chi connectivity index (χ4n) is 6.96. The molecule has 3 saturated carbocycles. The molecule has 1 aliphatic heterocycles. The van der Waals surface area contributed by atoms with Crippen LogP contribution in [0.4, 0.5) is 0 Å². The van der Waals surface area contributed by atoms with Crippen molar-refractivity contribution in [2.75, 3.05) is 6.61 Å². The van der Waals surface area contributed by atoms with Gasteiger partial charge < -0.3 is 20.1 Å². The highest BCUT2D eigenvalue weighted by molar-refractivity contribution is 5.79. The molecule has 0 aromatic rings. The SMILES string of the molecule is C=C1/C(=C\C=C2/CCCC3(C)C(CCC4COC(=O)[C@](C)(O)C4)CCC23)C[C@@H](O)CC1O. The van der Waals surface area contributed by atoms with Crippen molar-refractivity contribution in [3.8, 4) is 0 Å². The highest BCUT2D eigenvalue weighted by atomic mass is 16.6. The highest BCUT2D eigenvalue weighted by Gasteiger charge is 2.49. The van der Waals surface area contributed by atoms with Gasteiger partial charge in [-0.3, -0.25) is 0 Å². The van der Waals surface area contributed by atoms with Gasteiger partial charge in [0.1, 0.15) is 0 Å². The lowest BCUT2D eigenvalue weighted by Crippen LogP contribution is -2.45. The number of fused-ring (bicyclic) bond motifs is 1. The predicted molar refractivity (Wildman–Crippen MR) is 124 cm³/mol. The van der Waals surface area contributed by atoms with E-state index in [4.69, 9.17) is 4.74 Å². The summed E-state index contributed by atoms with van der Waals surface area (Å²) in [5.41, 5.74) is 2.18. The maximum atomic E-state index is 11.7. The molecule has 3 N–H and O–H groups in total. The number of carbonyl (C=O) groups is 1. The Bertz CT molecular complexity index is 809. The minimum absolute atomic E-state index is 0.240. The molecule has 178 valence electrons. The van der Waals surface area contributed by atoms with E-state index in [1.54, 1.807) is 6.92 Å². The Hall–Kier alpha value is -1.43. The maximum Gasteiger partial charge on any atom is 0.337 e. The molecule has 5 nitrogen and oxygen atoms in total. The van der Waals surface area contributed by atoms with Crippen LogP contribution in [0.1, 0.15) is 78.1 Å². The average Bonchev–Trinajstić information content (AvgIpc) is 3.07. The quantitative estimate of drug-likeness (QED) is 0.565. The van der Waals surface area contributed by atoms with E-state index in [1.165, 1.54) is 31.3 Å². The fourth-order valence-corrected chi connectivity index (χ4v) is 6.96. The molecule has 0 amide bonds. The van der Waals surface area contributed by atoms with Gasteiger partial charge in [0.05, 0.1) is 18.8 Å². The molecule has 1 heterocycles. The van der Waals surface area contributed by atoms with Crippen molar-refractivity contribution in [1.82, 2.24) is 0 Å². The van der Waals surface area contributed by atoms with Crippen molar-refractivity contribution in [3.63, 3.8) is 0 Å². The van der Waals surface area contributed by atoms with Crippen LogP contribution in [0.25, 0.3) is 0 Å². The zero-order valence-corrected chi connectivity index (χ0v) is 19.7. The molecule has 3 aliphatic carbocycles. The number of cyclic esters (lactones) is 1. The Balaban J connectivity index is 1.42. The molecule has 5 heteroatoms. The normalized spacial score (nSPS) is 45.2. The minimum atomic E-state index is -1.34. The van der Waals surface area contributed by atoms with Crippen LogP contribution >= 0.6 is 0 Å². The number of ether oxygens (including phenoxy) is 1. The average molecular weight is 445 g/mol. The first-order valence-electron chi connectivity index (χ1n) is 12.4. The van der Waals surface area contributed by atoms with E-state index in [0.717, 1.165) is 30.4 Å². The Labute approximate surface area is 192 Å². The van der Waals surface area contributed by atoms with Gasteiger partial charge in [-0.05, 0) is 99.0 Å². The van der Waals surface area contributed by atoms with Crippen molar-refractivity contribution in [3.05, 3.63) is 35.5 Å². The third-order valence-electron chi connectivity index (χ3n) is 8.92. The van der Waals surface area contributed by atoms with Gasteiger partial charge in [0.25, 0.3) is 0 Å². The van der Waals surface area contributed by atoms with Crippen molar-refractivity contribution < 1.29 is 24.9 Å². The fraction of sp³-hybridized carbons (Fsp3) is 0.741. The molecule has 0 radical (unpaired) electrons. The first-order chi connectivity index (χ1) is 15.1. The smallest absolute Gasteiger partial charge is 0.337 e. The second-order valence-corrected chi connectivity index (χ2v) is 11.3. The van der Waals surface area contributed by atoms with Gasteiger partial charge in [-0.25, -0.2) is 4.79 Å². The summed E-state index contributed by atoms with van der Waals surface area (Å²) in [6.07, 6.45) is 12.8. The summed E-state index contributed by atoms with van der Waals surface area (Å²) in [4.78, 5) is 11.7. The summed E-state index contributed by atoms with van der Waals surface area (Å²) in [6, 6.07) is 0. The monoisotopic (exact) mass is 444 g/mol. The van der Waals surface area contributed by atoms with Gasteiger partial charge in [0.15, 0.2) is 5.60 Å². The van der Waals surface area contributed by atoms with Gasteiger partial charge in [-0.15, -0.1) is 0 Å². The van der Waals surface area contributed by atoms with Crippen LogP contribution in [0.2, 0.25) is 0 Å². The maximum absolute atomic E-state index is 11.7. The molecule has 0 aromatic heterocycles. The first-order valence-corrected chi connectivity index (χ1v) is 12.4. The summed E-state index contributed by atoms with van der Waals surface area (Å²) in [5.74, 6) is 0.985. The van der Waals surface area contributed by atoms with Crippen LogP contribution in [0, 0.1) is 23.2 Å². The molecule has 5 unspecified atom stereocenters. The van der Waals surface area contributed by atoms with Crippen LogP contribution in [0.15, 0.2) is 35.5 Å². The highest BCUT2D eigenvalue weighted by Crippen LogP contribution is 2.59. The predicted octanol–water partition coefficient (Wildman–Crippen LogP) is 4.22. The van der Waals surface area contributed by atoms with Crippen LogP contribution in [0.3, 0.4) is 0 Å². The van der Waals surface area contributed by atoms with Crippen molar-refractivity contribution in [1.29, 1.82) is 0 Å². The van der Waals surface area contributed by atoms with Crippen LogP contribution < -0.4 is 0 Å². The lowest BCUT2D eigenvalue weighted by atomic mass is 9.62. The molecule has 4 rings (SSSR count). The van der Waals surface area contributed by atoms with E-state index in [1.807, 2.05) is 0 Å². The second kappa shape index (κ2) is 9.08. The van der Waals surface area contributed by atoms with Gasteiger partial charge in [0, 0.05) is 6.42 Å². The number of esters is 1. The third kappa shape index (κ3) is 4.62. The minimum Gasteiger partial charge on any atom is -0.463 e.